The highest BCUT2D eigenvalue weighted by Gasteiger charge is 2.16. The second-order valence-corrected chi connectivity index (χ2v) is 8.11. The van der Waals surface area contributed by atoms with E-state index in [0.717, 1.165) is 30.4 Å². The van der Waals surface area contributed by atoms with Crippen LogP contribution in [-0.4, -0.2) is 24.8 Å². The fourth-order valence-corrected chi connectivity index (χ4v) is 3.77. The highest BCUT2D eigenvalue weighted by molar-refractivity contribution is 7.80. The molecule has 0 amide bonds. The van der Waals surface area contributed by atoms with Crippen molar-refractivity contribution in [1.82, 2.24) is 5.32 Å². The number of rotatable bonds is 7. The maximum atomic E-state index is 5.50. The van der Waals surface area contributed by atoms with Crippen molar-refractivity contribution in [2.75, 3.05) is 29.9 Å². The third-order valence-corrected chi connectivity index (χ3v) is 5.59. The van der Waals surface area contributed by atoms with Crippen molar-refractivity contribution in [3.63, 3.8) is 0 Å². The van der Waals surface area contributed by atoms with Crippen LogP contribution in [0.1, 0.15) is 38.3 Å². The van der Waals surface area contributed by atoms with Gasteiger partial charge in [0, 0.05) is 24.5 Å². The lowest BCUT2D eigenvalue weighted by atomic mass is 9.98. The second kappa shape index (κ2) is 10.3. The molecule has 1 saturated heterocycles. The quantitative estimate of drug-likeness (QED) is 0.464. The summed E-state index contributed by atoms with van der Waals surface area (Å²) in [7, 11) is 0. The fourth-order valence-electron chi connectivity index (χ4n) is 3.48. The first-order valence-corrected chi connectivity index (χ1v) is 10.7. The summed E-state index contributed by atoms with van der Waals surface area (Å²) in [6, 6.07) is 16.7. The number of nitrogens with zero attached hydrogens (tertiary/aromatic N) is 1. The van der Waals surface area contributed by atoms with Gasteiger partial charge in [0.15, 0.2) is 5.11 Å². The van der Waals surface area contributed by atoms with E-state index in [0.29, 0.717) is 11.7 Å². The number of benzene rings is 2. The van der Waals surface area contributed by atoms with Crippen LogP contribution < -0.4 is 20.3 Å². The first-order chi connectivity index (χ1) is 14.0. The molecule has 0 aliphatic carbocycles. The fraction of sp³-hybridized carbons (Fsp3) is 0.375. The van der Waals surface area contributed by atoms with Gasteiger partial charge in [-0.05, 0) is 79.9 Å². The highest BCUT2D eigenvalue weighted by Crippen LogP contribution is 2.24. The number of nitrogens with one attached hydrogen (secondary N) is 2. The van der Waals surface area contributed by atoms with Crippen LogP contribution in [0.5, 0.6) is 5.75 Å². The van der Waals surface area contributed by atoms with Crippen molar-refractivity contribution >= 4 is 28.7 Å². The Labute approximate surface area is 180 Å². The monoisotopic (exact) mass is 409 g/mol. The number of piperidine rings is 1. The Morgan fingerprint density at radius 3 is 2.45 bits per heavy atom. The van der Waals surface area contributed by atoms with Crippen molar-refractivity contribution in [1.29, 1.82) is 0 Å². The predicted octanol–water partition coefficient (Wildman–Crippen LogP) is 5.54. The van der Waals surface area contributed by atoms with Crippen LogP contribution in [0, 0.1) is 5.92 Å². The molecule has 2 aromatic rings. The summed E-state index contributed by atoms with van der Waals surface area (Å²) in [5.74, 6) is 1.66. The molecular weight excluding hydrogens is 378 g/mol. The largest absolute Gasteiger partial charge is 0.490 e. The van der Waals surface area contributed by atoms with Crippen molar-refractivity contribution in [3.8, 4) is 5.75 Å². The van der Waals surface area contributed by atoms with Crippen LogP contribution in [0.3, 0.4) is 0 Å². The Kier molecular flexibility index (Phi) is 7.53. The van der Waals surface area contributed by atoms with Gasteiger partial charge in [-0.2, -0.15) is 0 Å². The van der Waals surface area contributed by atoms with Gasteiger partial charge in [-0.25, -0.2) is 0 Å². The van der Waals surface area contributed by atoms with Gasteiger partial charge >= 0.3 is 0 Å². The van der Waals surface area contributed by atoms with E-state index in [1.165, 1.54) is 24.1 Å². The number of ether oxygens (including phenoxy) is 1. The van der Waals surface area contributed by atoms with Crippen molar-refractivity contribution in [3.05, 3.63) is 66.7 Å². The van der Waals surface area contributed by atoms with E-state index in [-0.39, 0.29) is 6.04 Å². The van der Waals surface area contributed by atoms with Crippen LogP contribution in [0.25, 0.3) is 0 Å². The number of hydrogen-bond acceptors (Lipinski definition) is 3. The van der Waals surface area contributed by atoms with E-state index in [2.05, 4.69) is 60.2 Å². The molecule has 1 atom stereocenters. The molecule has 0 unspecified atom stereocenters. The lowest BCUT2D eigenvalue weighted by molar-refractivity contribution is 0.363. The van der Waals surface area contributed by atoms with E-state index >= 15 is 0 Å². The molecule has 1 fully saturated rings. The van der Waals surface area contributed by atoms with Crippen molar-refractivity contribution in [2.24, 2.45) is 5.92 Å². The van der Waals surface area contributed by atoms with E-state index in [9.17, 15) is 0 Å². The molecule has 0 bridgehead atoms. The Balaban J connectivity index is 1.50. The highest BCUT2D eigenvalue weighted by atomic mass is 32.1. The summed E-state index contributed by atoms with van der Waals surface area (Å²) >= 11 is 5.48. The van der Waals surface area contributed by atoms with E-state index in [1.807, 2.05) is 24.3 Å². The Bertz CT molecular complexity index is 796. The Morgan fingerprint density at radius 2 is 1.83 bits per heavy atom. The maximum absolute atomic E-state index is 5.50. The zero-order chi connectivity index (χ0) is 20.6. The van der Waals surface area contributed by atoms with Crippen LogP contribution in [-0.2, 0) is 0 Å². The topological polar surface area (TPSA) is 36.5 Å². The van der Waals surface area contributed by atoms with Crippen LogP contribution in [0.4, 0.5) is 11.4 Å². The van der Waals surface area contributed by atoms with E-state index < -0.39 is 0 Å². The van der Waals surface area contributed by atoms with Gasteiger partial charge in [0.2, 0.25) is 0 Å². The first kappa shape index (κ1) is 21.2. The normalized spacial score (nSPS) is 15.4. The van der Waals surface area contributed by atoms with Gasteiger partial charge in [0.1, 0.15) is 12.4 Å². The number of thiocarbonyl (C=S) groups is 1. The Morgan fingerprint density at radius 1 is 1.17 bits per heavy atom. The van der Waals surface area contributed by atoms with Gasteiger partial charge in [-0.15, -0.1) is 0 Å². The smallest absolute Gasteiger partial charge is 0.171 e. The van der Waals surface area contributed by atoms with Gasteiger partial charge in [-0.3, -0.25) is 0 Å². The minimum absolute atomic E-state index is 0.126. The molecule has 3 rings (SSSR count). The van der Waals surface area contributed by atoms with E-state index in [4.69, 9.17) is 17.0 Å². The molecule has 1 aliphatic rings. The van der Waals surface area contributed by atoms with E-state index in [1.54, 1.807) is 6.08 Å². The lowest BCUT2D eigenvalue weighted by Gasteiger charge is -2.32. The molecule has 0 saturated carbocycles. The molecule has 1 heterocycles. The summed E-state index contributed by atoms with van der Waals surface area (Å²) in [6.07, 6.45) is 4.29. The minimum atomic E-state index is 0.126. The van der Waals surface area contributed by atoms with Crippen LogP contribution in [0.2, 0.25) is 0 Å². The molecule has 1 aliphatic heterocycles. The zero-order valence-corrected chi connectivity index (χ0v) is 18.2. The van der Waals surface area contributed by atoms with Gasteiger partial charge in [0.05, 0.1) is 6.04 Å². The average Bonchev–Trinajstić information content (AvgIpc) is 2.74. The number of anilines is 2. The summed E-state index contributed by atoms with van der Waals surface area (Å²) < 4.78 is 5.50. The lowest BCUT2D eigenvalue weighted by Crippen LogP contribution is -2.33. The van der Waals surface area contributed by atoms with Crippen LogP contribution >= 0.6 is 12.2 Å². The second-order valence-electron chi connectivity index (χ2n) is 7.71. The van der Waals surface area contributed by atoms with Crippen LogP contribution in [0.15, 0.2) is 61.2 Å². The molecule has 4 nitrogen and oxygen atoms in total. The molecule has 0 spiro atoms. The molecule has 0 aromatic heterocycles. The summed E-state index contributed by atoms with van der Waals surface area (Å²) in [6.45, 7) is 10.9. The predicted molar refractivity (Wildman–Crippen MR) is 127 cm³/mol. The standard InChI is InChI=1S/C24H31N3OS/c1-4-17-28-23-11-7-21(8-12-23)26-24(29)25-19(3)20-5-9-22(10-6-20)27-15-13-18(2)14-16-27/h4-12,18-19H,1,13-17H2,2-3H3,(H2,25,26,29)/t19-/m0/s1. The maximum Gasteiger partial charge on any atom is 0.171 e. The molecule has 5 heteroatoms. The SMILES string of the molecule is C=CCOc1ccc(NC(=S)N[C@@H](C)c2ccc(N3CCC(C)CC3)cc2)cc1. The Hall–Kier alpha value is -2.53. The van der Waals surface area contributed by atoms with Crippen molar-refractivity contribution in [2.45, 2.75) is 32.7 Å². The summed E-state index contributed by atoms with van der Waals surface area (Å²) in [5.41, 5.74) is 3.46. The molecule has 2 aromatic carbocycles. The third kappa shape index (κ3) is 6.23. The minimum Gasteiger partial charge on any atom is -0.490 e. The van der Waals surface area contributed by atoms with Crippen molar-refractivity contribution < 1.29 is 4.74 Å². The molecule has 2 N–H and O–H groups in total. The van der Waals surface area contributed by atoms with Gasteiger partial charge in [-0.1, -0.05) is 31.7 Å². The molecule has 154 valence electrons. The van der Waals surface area contributed by atoms with Gasteiger partial charge in [0.25, 0.3) is 0 Å². The third-order valence-electron chi connectivity index (χ3n) is 5.37. The molecule has 0 radical (unpaired) electrons. The average molecular weight is 410 g/mol. The first-order valence-electron chi connectivity index (χ1n) is 10.3. The molecular formula is C24H31N3OS. The zero-order valence-electron chi connectivity index (χ0n) is 17.4. The number of hydrogen-bond donors (Lipinski definition) is 2. The summed E-state index contributed by atoms with van der Waals surface area (Å²) in [4.78, 5) is 2.48. The summed E-state index contributed by atoms with van der Waals surface area (Å²) in [5, 5.41) is 7.19. The van der Waals surface area contributed by atoms with Gasteiger partial charge < -0.3 is 20.3 Å². The molecule has 29 heavy (non-hydrogen) atoms.